The van der Waals surface area contributed by atoms with E-state index in [1.165, 1.54) is 21.0 Å². The maximum absolute atomic E-state index is 4.93. The zero-order chi connectivity index (χ0) is 21.5. The Labute approximate surface area is 191 Å². The third-order valence-corrected chi connectivity index (χ3v) is 7.63. The third-order valence-electron chi connectivity index (χ3n) is 6.38. The number of hydrogen-bond acceptors (Lipinski definition) is 7. The average Bonchev–Trinajstić information content (AvgIpc) is 3.46. The van der Waals surface area contributed by atoms with Gasteiger partial charge in [-0.05, 0) is 55.4 Å². The lowest BCUT2D eigenvalue weighted by Crippen LogP contribution is -2.44. The highest BCUT2D eigenvalue weighted by atomic mass is 32.1. The molecule has 0 saturated carbocycles. The first-order valence-corrected chi connectivity index (χ1v) is 12.0. The minimum absolute atomic E-state index is 0.617. The van der Waals surface area contributed by atoms with Gasteiger partial charge in [0.2, 0.25) is 5.95 Å². The fourth-order valence-electron chi connectivity index (χ4n) is 4.50. The summed E-state index contributed by atoms with van der Waals surface area (Å²) in [6.45, 7) is 6.34. The van der Waals surface area contributed by atoms with E-state index in [9.17, 15) is 0 Å². The van der Waals surface area contributed by atoms with Crippen LogP contribution in [0.2, 0.25) is 0 Å². The minimum Gasteiger partial charge on any atom is -0.369 e. The fraction of sp³-hybridized carbons (Fsp3) is 0.333. The van der Waals surface area contributed by atoms with Crippen LogP contribution in [0.3, 0.4) is 0 Å². The molecular formula is C24H27N7S. The molecule has 32 heavy (non-hydrogen) atoms. The normalized spacial score (nSPS) is 17.0. The van der Waals surface area contributed by atoms with Crippen LogP contribution in [0.15, 0.2) is 42.6 Å². The molecule has 6 rings (SSSR count). The summed E-state index contributed by atoms with van der Waals surface area (Å²) in [5.41, 5.74) is 5.51. The highest BCUT2D eigenvalue weighted by molar-refractivity contribution is 7.15. The Kier molecular flexibility index (Phi) is 5.05. The van der Waals surface area contributed by atoms with Crippen LogP contribution in [0.25, 0.3) is 21.6 Å². The zero-order valence-corrected chi connectivity index (χ0v) is 19.0. The number of piperazine rings is 1. The largest absolute Gasteiger partial charge is 0.369 e. The SMILES string of the molecule is CN1CCN(c2ccc(Nc3nc(-c4cc5c(s4)CCNC5)c4cc[nH]c4n3)cc2)CC1. The number of hydrogen-bond donors (Lipinski definition) is 3. The molecule has 164 valence electrons. The molecular weight excluding hydrogens is 418 g/mol. The highest BCUT2D eigenvalue weighted by Crippen LogP contribution is 2.36. The van der Waals surface area contributed by atoms with Gasteiger partial charge in [-0.25, -0.2) is 4.98 Å². The second-order valence-corrected chi connectivity index (χ2v) is 9.72. The molecule has 2 aliphatic rings. The summed E-state index contributed by atoms with van der Waals surface area (Å²) in [7, 11) is 2.18. The van der Waals surface area contributed by atoms with E-state index in [4.69, 9.17) is 9.97 Å². The van der Waals surface area contributed by atoms with Crippen LogP contribution in [0, 0.1) is 0 Å². The summed E-state index contributed by atoms with van der Waals surface area (Å²) in [6, 6.07) is 13.0. The third kappa shape index (κ3) is 3.74. The smallest absolute Gasteiger partial charge is 0.229 e. The molecule has 1 fully saturated rings. The summed E-state index contributed by atoms with van der Waals surface area (Å²) in [5.74, 6) is 0.617. The van der Waals surface area contributed by atoms with Gasteiger partial charge < -0.3 is 25.4 Å². The predicted octanol–water partition coefficient (Wildman–Crippen LogP) is 3.83. The molecule has 8 heteroatoms. The van der Waals surface area contributed by atoms with Gasteiger partial charge in [-0.15, -0.1) is 11.3 Å². The van der Waals surface area contributed by atoms with Crippen LogP contribution in [0.5, 0.6) is 0 Å². The molecule has 1 aromatic carbocycles. The number of thiophene rings is 1. The molecule has 3 N–H and O–H groups in total. The van der Waals surface area contributed by atoms with E-state index in [1.54, 1.807) is 0 Å². The second-order valence-electron chi connectivity index (χ2n) is 8.58. The van der Waals surface area contributed by atoms with Gasteiger partial charge in [-0.3, -0.25) is 0 Å². The van der Waals surface area contributed by atoms with Crippen molar-refractivity contribution >= 4 is 39.7 Å². The Hall–Kier alpha value is -2.94. The van der Waals surface area contributed by atoms with Crippen molar-refractivity contribution in [1.29, 1.82) is 0 Å². The average molecular weight is 446 g/mol. The summed E-state index contributed by atoms with van der Waals surface area (Å²) in [5, 5.41) is 7.94. The molecule has 0 radical (unpaired) electrons. The first kappa shape index (κ1) is 19.7. The molecule has 0 atom stereocenters. The van der Waals surface area contributed by atoms with Crippen LogP contribution in [-0.4, -0.2) is 59.6 Å². The Morgan fingerprint density at radius 3 is 2.69 bits per heavy atom. The van der Waals surface area contributed by atoms with E-state index < -0.39 is 0 Å². The summed E-state index contributed by atoms with van der Waals surface area (Å²) >= 11 is 1.86. The first-order valence-electron chi connectivity index (χ1n) is 11.2. The predicted molar refractivity (Wildman–Crippen MR) is 132 cm³/mol. The van der Waals surface area contributed by atoms with Crippen LogP contribution >= 0.6 is 11.3 Å². The Bertz CT molecular complexity index is 1210. The van der Waals surface area contributed by atoms with E-state index in [0.29, 0.717) is 5.95 Å². The van der Waals surface area contributed by atoms with E-state index in [0.717, 1.165) is 68.1 Å². The van der Waals surface area contributed by atoms with E-state index in [1.807, 2.05) is 17.5 Å². The van der Waals surface area contributed by atoms with Gasteiger partial charge in [0, 0.05) is 67.1 Å². The Balaban J connectivity index is 1.28. The van der Waals surface area contributed by atoms with Crippen molar-refractivity contribution in [3.05, 3.63) is 53.0 Å². The number of anilines is 3. The topological polar surface area (TPSA) is 72.1 Å². The second kappa shape index (κ2) is 8.20. The van der Waals surface area contributed by atoms with Crippen LogP contribution in [0.4, 0.5) is 17.3 Å². The summed E-state index contributed by atoms with van der Waals surface area (Å²) in [4.78, 5) is 20.4. The molecule has 0 spiro atoms. The molecule has 0 amide bonds. The number of aromatic amines is 1. The first-order chi connectivity index (χ1) is 15.7. The van der Waals surface area contributed by atoms with Crippen LogP contribution in [-0.2, 0) is 13.0 Å². The molecule has 3 aromatic heterocycles. The van der Waals surface area contributed by atoms with Gasteiger partial charge in [0.25, 0.3) is 0 Å². The van der Waals surface area contributed by atoms with Crippen molar-refractivity contribution < 1.29 is 0 Å². The molecule has 1 saturated heterocycles. The van der Waals surface area contributed by atoms with Crippen molar-refractivity contribution in [2.24, 2.45) is 0 Å². The van der Waals surface area contributed by atoms with Crippen molar-refractivity contribution in [3.8, 4) is 10.6 Å². The lowest BCUT2D eigenvalue weighted by molar-refractivity contribution is 0.313. The van der Waals surface area contributed by atoms with Gasteiger partial charge in [-0.2, -0.15) is 4.98 Å². The van der Waals surface area contributed by atoms with Gasteiger partial charge >= 0.3 is 0 Å². The maximum atomic E-state index is 4.93. The Morgan fingerprint density at radius 2 is 1.88 bits per heavy atom. The monoisotopic (exact) mass is 445 g/mol. The van der Waals surface area contributed by atoms with E-state index in [2.05, 4.69) is 68.9 Å². The van der Waals surface area contributed by atoms with Crippen molar-refractivity contribution in [2.75, 3.05) is 50.0 Å². The number of H-pyrrole nitrogens is 1. The molecule has 0 unspecified atom stereocenters. The van der Waals surface area contributed by atoms with E-state index in [-0.39, 0.29) is 0 Å². The van der Waals surface area contributed by atoms with Crippen molar-refractivity contribution in [3.63, 3.8) is 0 Å². The number of nitrogens with one attached hydrogen (secondary N) is 3. The molecule has 0 aliphatic carbocycles. The number of benzene rings is 1. The molecule has 2 aliphatic heterocycles. The van der Waals surface area contributed by atoms with E-state index >= 15 is 0 Å². The van der Waals surface area contributed by atoms with Crippen molar-refractivity contribution in [1.82, 2.24) is 25.2 Å². The lowest BCUT2D eigenvalue weighted by atomic mass is 10.1. The van der Waals surface area contributed by atoms with Gasteiger partial charge in [-0.1, -0.05) is 0 Å². The minimum atomic E-state index is 0.617. The molecule has 4 aromatic rings. The fourth-order valence-corrected chi connectivity index (χ4v) is 5.69. The summed E-state index contributed by atoms with van der Waals surface area (Å²) in [6.07, 6.45) is 3.03. The van der Waals surface area contributed by atoms with Gasteiger partial charge in [0.15, 0.2) is 0 Å². The van der Waals surface area contributed by atoms with Gasteiger partial charge in [0.05, 0.1) is 10.6 Å². The van der Waals surface area contributed by atoms with Crippen LogP contribution in [0.1, 0.15) is 10.4 Å². The number of likely N-dealkylation sites (N-methyl/N-ethyl adjacent to an activating group) is 1. The number of nitrogens with zero attached hydrogens (tertiary/aromatic N) is 4. The highest BCUT2D eigenvalue weighted by Gasteiger charge is 2.18. The number of rotatable bonds is 4. The van der Waals surface area contributed by atoms with Crippen LogP contribution < -0.4 is 15.5 Å². The van der Waals surface area contributed by atoms with Crippen molar-refractivity contribution in [2.45, 2.75) is 13.0 Å². The number of fused-ring (bicyclic) bond motifs is 2. The van der Waals surface area contributed by atoms with Gasteiger partial charge in [0.1, 0.15) is 5.65 Å². The summed E-state index contributed by atoms with van der Waals surface area (Å²) < 4.78 is 0. The molecule has 5 heterocycles. The maximum Gasteiger partial charge on any atom is 0.229 e. The molecule has 0 bridgehead atoms. The lowest BCUT2D eigenvalue weighted by Gasteiger charge is -2.34. The Morgan fingerprint density at radius 1 is 1.03 bits per heavy atom. The number of aromatic nitrogens is 3. The standard InChI is InChI=1S/C24H27N7S/c1-30-10-12-31(13-11-30)18-4-2-17(3-5-18)27-24-28-22(19-6-9-26-23(19)29-24)21-14-16-15-25-8-7-20(16)32-21/h2-6,9,14,25H,7-8,10-13,15H2,1H3,(H2,26,27,28,29). The molecule has 7 nitrogen and oxygen atoms in total. The quantitative estimate of drug-likeness (QED) is 0.444. The zero-order valence-electron chi connectivity index (χ0n) is 18.2.